The Labute approximate surface area is 110 Å². The number of ketones is 1. The molecule has 4 rings (SSSR count). The van der Waals surface area contributed by atoms with Crippen molar-refractivity contribution in [3.63, 3.8) is 0 Å². The van der Waals surface area contributed by atoms with Gasteiger partial charge in [-0.25, -0.2) is 0 Å². The van der Waals surface area contributed by atoms with Crippen LogP contribution in [-0.4, -0.2) is 18.4 Å². The zero-order valence-electron chi connectivity index (χ0n) is 10.2. The Morgan fingerprint density at radius 3 is 2.74 bits per heavy atom. The number of hydrogen-bond donors (Lipinski definition) is 2. The van der Waals surface area contributed by atoms with Gasteiger partial charge in [-0.15, -0.1) is 0 Å². The van der Waals surface area contributed by atoms with Crippen LogP contribution in [-0.2, 0) is 15.1 Å². The molecule has 4 heteroatoms. The Bertz CT molecular complexity index is 687. The van der Waals surface area contributed by atoms with Crippen LogP contribution in [0, 0.1) is 0 Å². The van der Waals surface area contributed by atoms with Gasteiger partial charge in [-0.1, -0.05) is 30.3 Å². The van der Waals surface area contributed by atoms with E-state index in [1.165, 1.54) is 0 Å². The molecular formula is C15H12N2O2. The molecule has 1 fully saturated rings. The predicted molar refractivity (Wildman–Crippen MR) is 69.9 cm³/mol. The van der Waals surface area contributed by atoms with Gasteiger partial charge in [0.15, 0.2) is 5.78 Å². The summed E-state index contributed by atoms with van der Waals surface area (Å²) >= 11 is 0. The smallest absolute Gasteiger partial charge is 0.250 e. The number of benzene rings is 1. The molecule has 1 spiro atoms. The maximum absolute atomic E-state index is 12.4. The standard InChI is InChI=1S/C15H12N2O2/c18-9-5-6-11-10-3-1-2-4-12(10)15(13(11)7-9)14(19)16-8-17-15/h1-6,17H,7-8H2,(H,16,19). The van der Waals surface area contributed by atoms with E-state index in [1.807, 2.05) is 30.3 Å². The maximum Gasteiger partial charge on any atom is 0.250 e. The van der Waals surface area contributed by atoms with E-state index in [0.717, 1.165) is 22.3 Å². The highest BCUT2D eigenvalue weighted by Gasteiger charge is 2.53. The summed E-state index contributed by atoms with van der Waals surface area (Å²) in [5.41, 5.74) is 3.06. The van der Waals surface area contributed by atoms with E-state index in [-0.39, 0.29) is 11.7 Å². The van der Waals surface area contributed by atoms with Gasteiger partial charge in [0.25, 0.3) is 0 Å². The van der Waals surface area contributed by atoms with Crippen LogP contribution < -0.4 is 10.6 Å². The Kier molecular flexibility index (Phi) is 1.93. The first-order valence-corrected chi connectivity index (χ1v) is 6.31. The van der Waals surface area contributed by atoms with Gasteiger partial charge in [-0.2, -0.15) is 0 Å². The number of hydrogen-bond acceptors (Lipinski definition) is 3. The summed E-state index contributed by atoms with van der Waals surface area (Å²) in [6.07, 6.45) is 3.74. The van der Waals surface area contributed by atoms with E-state index in [2.05, 4.69) is 10.6 Å². The fourth-order valence-electron chi connectivity index (χ4n) is 3.33. The minimum atomic E-state index is -0.841. The van der Waals surface area contributed by atoms with Crippen LogP contribution in [0.5, 0.6) is 0 Å². The quantitative estimate of drug-likeness (QED) is 0.720. The lowest BCUT2D eigenvalue weighted by molar-refractivity contribution is -0.123. The fraction of sp³-hybridized carbons (Fsp3) is 0.200. The average molecular weight is 252 g/mol. The van der Waals surface area contributed by atoms with E-state index in [1.54, 1.807) is 6.08 Å². The van der Waals surface area contributed by atoms with Crippen molar-refractivity contribution >= 4 is 17.3 Å². The fourth-order valence-corrected chi connectivity index (χ4v) is 3.33. The Balaban J connectivity index is 2.04. The molecule has 2 N–H and O–H groups in total. The summed E-state index contributed by atoms with van der Waals surface area (Å²) in [4.78, 5) is 24.1. The molecule has 1 heterocycles. The van der Waals surface area contributed by atoms with Crippen molar-refractivity contribution in [3.05, 3.63) is 53.1 Å². The lowest BCUT2D eigenvalue weighted by atomic mass is 9.83. The molecule has 1 aromatic rings. The van der Waals surface area contributed by atoms with Crippen LogP contribution in [0.15, 0.2) is 42.0 Å². The number of rotatable bonds is 0. The summed E-state index contributed by atoms with van der Waals surface area (Å²) < 4.78 is 0. The number of carbonyl (C=O) groups is 2. The molecule has 0 radical (unpaired) electrons. The highest BCUT2D eigenvalue weighted by atomic mass is 16.2. The van der Waals surface area contributed by atoms with Gasteiger partial charge in [-0.05, 0) is 28.3 Å². The summed E-state index contributed by atoms with van der Waals surface area (Å²) in [7, 11) is 0. The molecular weight excluding hydrogens is 240 g/mol. The van der Waals surface area contributed by atoms with Crippen molar-refractivity contribution in [1.82, 2.24) is 10.6 Å². The number of amides is 1. The van der Waals surface area contributed by atoms with Crippen molar-refractivity contribution in [2.45, 2.75) is 12.0 Å². The van der Waals surface area contributed by atoms with Crippen LogP contribution in [0.2, 0.25) is 0 Å². The second kappa shape index (κ2) is 3.42. The van der Waals surface area contributed by atoms with Gasteiger partial charge in [0.05, 0.1) is 6.67 Å². The Hall–Kier alpha value is -2.20. The van der Waals surface area contributed by atoms with E-state index >= 15 is 0 Å². The van der Waals surface area contributed by atoms with E-state index < -0.39 is 5.54 Å². The second-order valence-electron chi connectivity index (χ2n) is 5.02. The Morgan fingerprint density at radius 2 is 1.95 bits per heavy atom. The highest BCUT2D eigenvalue weighted by molar-refractivity contribution is 6.09. The third kappa shape index (κ3) is 1.17. The predicted octanol–water partition coefficient (Wildman–Crippen LogP) is 0.855. The molecule has 1 saturated heterocycles. The number of fused-ring (bicyclic) bond motifs is 4. The molecule has 19 heavy (non-hydrogen) atoms. The summed E-state index contributed by atoms with van der Waals surface area (Å²) in [5, 5.41) is 6.07. The molecule has 1 amide bonds. The monoisotopic (exact) mass is 252 g/mol. The lowest BCUT2D eigenvalue weighted by Gasteiger charge is -2.26. The summed E-state index contributed by atoms with van der Waals surface area (Å²) in [6.45, 7) is 0.432. The molecule has 1 unspecified atom stereocenters. The van der Waals surface area contributed by atoms with E-state index in [4.69, 9.17) is 0 Å². The first-order valence-electron chi connectivity index (χ1n) is 6.31. The molecule has 4 nitrogen and oxygen atoms in total. The molecule has 1 aromatic carbocycles. The largest absolute Gasteiger partial charge is 0.341 e. The SMILES string of the molecule is O=C1C=CC2=C(C1)C1(NCNC1=O)c1ccccc12. The third-order valence-corrected chi connectivity index (χ3v) is 4.13. The average Bonchev–Trinajstić information content (AvgIpc) is 2.93. The van der Waals surface area contributed by atoms with Crippen molar-refractivity contribution in [3.8, 4) is 0 Å². The molecule has 1 atom stereocenters. The normalized spacial score (nSPS) is 27.8. The molecule has 94 valence electrons. The van der Waals surface area contributed by atoms with Crippen LogP contribution in [0.1, 0.15) is 17.5 Å². The van der Waals surface area contributed by atoms with Crippen LogP contribution in [0.4, 0.5) is 0 Å². The van der Waals surface area contributed by atoms with Gasteiger partial charge in [0.2, 0.25) is 5.91 Å². The van der Waals surface area contributed by atoms with Crippen LogP contribution in [0.3, 0.4) is 0 Å². The van der Waals surface area contributed by atoms with Crippen LogP contribution >= 0.6 is 0 Å². The minimum Gasteiger partial charge on any atom is -0.341 e. The zero-order chi connectivity index (χ0) is 13.0. The number of allylic oxidation sites excluding steroid dienone is 3. The molecule has 0 saturated carbocycles. The van der Waals surface area contributed by atoms with Crippen LogP contribution in [0.25, 0.3) is 5.57 Å². The third-order valence-electron chi connectivity index (χ3n) is 4.13. The summed E-state index contributed by atoms with van der Waals surface area (Å²) in [6, 6.07) is 7.86. The van der Waals surface area contributed by atoms with Gasteiger partial charge >= 0.3 is 0 Å². The molecule has 0 bridgehead atoms. The van der Waals surface area contributed by atoms with Crippen molar-refractivity contribution < 1.29 is 9.59 Å². The van der Waals surface area contributed by atoms with E-state index in [9.17, 15) is 9.59 Å². The first-order chi connectivity index (χ1) is 9.23. The van der Waals surface area contributed by atoms with Crippen molar-refractivity contribution in [1.29, 1.82) is 0 Å². The lowest BCUT2D eigenvalue weighted by Crippen LogP contribution is -2.44. The van der Waals surface area contributed by atoms with Gasteiger partial charge in [-0.3, -0.25) is 14.9 Å². The molecule has 0 aromatic heterocycles. The summed E-state index contributed by atoms with van der Waals surface area (Å²) in [5.74, 6) is -0.0134. The molecule has 3 aliphatic rings. The van der Waals surface area contributed by atoms with Gasteiger partial charge in [0.1, 0.15) is 5.54 Å². The van der Waals surface area contributed by atoms with Crippen molar-refractivity contribution in [2.75, 3.05) is 6.67 Å². The first kappa shape index (κ1) is 10.7. The van der Waals surface area contributed by atoms with Gasteiger partial charge < -0.3 is 5.32 Å². The van der Waals surface area contributed by atoms with Crippen molar-refractivity contribution in [2.24, 2.45) is 0 Å². The Morgan fingerprint density at radius 1 is 1.11 bits per heavy atom. The van der Waals surface area contributed by atoms with E-state index in [0.29, 0.717) is 13.1 Å². The second-order valence-corrected chi connectivity index (χ2v) is 5.02. The minimum absolute atomic E-state index is 0.0485. The zero-order valence-corrected chi connectivity index (χ0v) is 10.2. The number of carbonyl (C=O) groups excluding carboxylic acids is 2. The topological polar surface area (TPSA) is 58.2 Å². The maximum atomic E-state index is 12.4. The van der Waals surface area contributed by atoms with Gasteiger partial charge in [0, 0.05) is 6.42 Å². The molecule has 1 aliphatic heterocycles. The number of nitrogens with one attached hydrogen (secondary N) is 2. The highest BCUT2D eigenvalue weighted by Crippen LogP contribution is 2.49. The molecule has 2 aliphatic carbocycles.